The normalized spacial score (nSPS) is 12.2. The van der Waals surface area contributed by atoms with Crippen LogP contribution in [0.2, 0.25) is 10.0 Å². The Hall–Kier alpha value is -2.31. The third kappa shape index (κ3) is 4.21. The standard InChI is InChI=1S/C17H17Cl2N5O/c1-11-6-21-24(8-11)12(2)17(25)22-14-7-20-23(10-14)9-13-3-4-15(18)16(19)5-13/h3-8,10,12H,9H2,1-2H3,(H,22,25). The second-order valence-electron chi connectivity index (χ2n) is 5.84. The summed E-state index contributed by atoms with van der Waals surface area (Å²) in [5, 5.41) is 12.3. The minimum atomic E-state index is -0.410. The Morgan fingerprint density at radius 3 is 2.68 bits per heavy atom. The highest BCUT2D eigenvalue weighted by molar-refractivity contribution is 6.42. The molecule has 1 N–H and O–H groups in total. The molecule has 130 valence electrons. The van der Waals surface area contributed by atoms with Crippen LogP contribution in [-0.4, -0.2) is 25.5 Å². The summed E-state index contributed by atoms with van der Waals surface area (Å²) in [5.74, 6) is -0.155. The van der Waals surface area contributed by atoms with Gasteiger partial charge in [-0.25, -0.2) is 0 Å². The molecule has 0 fully saturated rings. The molecule has 6 nitrogen and oxygen atoms in total. The molecule has 8 heteroatoms. The zero-order valence-electron chi connectivity index (χ0n) is 13.8. The number of carbonyl (C=O) groups is 1. The zero-order valence-corrected chi connectivity index (χ0v) is 15.3. The number of hydrogen-bond donors (Lipinski definition) is 1. The number of amides is 1. The minimum absolute atomic E-state index is 0.155. The highest BCUT2D eigenvalue weighted by Crippen LogP contribution is 2.23. The summed E-state index contributed by atoms with van der Waals surface area (Å²) in [6.07, 6.45) is 6.93. The van der Waals surface area contributed by atoms with Crippen molar-refractivity contribution < 1.29 is 4.79 Å². The Kier molecular flexibility index (Phi) is 5.11. The largest absolute Gasteiger partial charge is 0.322 e. The molecule has 0 saturated heterocycles. The first-order chi connectivity index (χ1) is 11.9. The van der Waals surface area contributed by atoms with Crippen molar-refractivity contribution >= 4 is 34.8 Å². The van der Waals surface area contributed by atoms with Crippen molar-refractivity contribution in [1.29, 1.82) is 0 Å². The summed E-state index contributed by atoms with van der Waals surface area (Å²) in [5.41, 5.74) is 2.60. The van der Waals surface area contributed by atoms with Crippen LogP contribution in [0, 0.1) is 6.92 Å². The fourth-order valence-electron chi connectivity index (χ4n) is 2.35. The summed E-state index contributed by atoms with van der Waals surface area (Å²) in [6, 6.07) is 5.02. The molecule has 0 saturated carbocycles. The van der Waals surface area contributed by atoms with Gasteiger partial charge >= 0.3 is 0 Å². The molecule has 25 heavy (non-hydrogen) atoms. The van der Waals surface area contributed by atoms with E-state index in [1.165, 1.54) is 0 Å². The number of rotatable bonds is 5. The quantitative estimate of drug-likeness (QED) is 0.731. The van der Waals surface area contributed by atoms with Crippen LogP contribution in [0.5, 0.6) is 0 Å². The number of carbonyl (C=O) groups excluding carboxylic acids is 1. The third-order valence-corrected chi connectivity index (χ3v) is 4.48. The van der Waals surface area contributed by atoms with Gasteiger partial charge in [-0.1, -0.05) is 29.3 Å². The Balaban J connectivity index is 1.64. The second-order valence-corrected chi connectivity index (χ2v) is 6.65. The summed E-state index contributed by atoms with van der Waals surface area (Å²) >= 11 is 11.9. The molecule has 0 spiro atoms. The van der Waals surface area contributed by atoms with Crippen LogP contribution in [0.25, 0.3) is 0 Å². The molecule has 3 rings (SSSR count). The maximum atomic E-state index is 12.3. The number of halogens is 2. The summed E-state index contributed by atoms with van der Waals surface area (Å²) < 4.78 is 3.35. The fourth-order valence-corrected chi connectivity index (χ4v) is 2.67. The first kappa shape index (κ1) is 17.5. The number of aryl methyl sites for hydroxylation is 1. The third-order valence-electron chi connectivity index (χ3n) is 3.74. The number of anilines is 1. The van der Waals surface area contributed by atoms with E-state index in [9.17, 15) is 4.79 Å². The number of nitrogens with one attached hydrogen (secondary N) is 1. The summed E-state index contributed by atoms with van der Waals surface area (Å²) in [6.45, 7) is 4.25. The van der Waals surface area contributed by atoms with Gasteiger partial charge in [-0.2, -0.15) is 10.2 Å². The Bertz CT molecular complexity index is 902. The van der Waals surface area contributed by atoms with Gasteiger partial charge in [0.15, 0.2) is 0 Å². The molecule has 0 bridgehead atoms. The van der Waals surface area contributed by atoms with Crippen molar-refractivity contribution in [3.63, 3.8) is 0 Å². The zero-order chi connectivity index (χ0) is 18.0. The van der Waals surface area contributed by atoms with E-state index in [0.717, 1.165) is 11.1 Å². The molecular formula is C17H17Cl2N5O. The van der Waals surface area contributed by atoms with E-state index in [2.05, 4.69) is 15.5 Å². The first-order valence-electron chi connectivity index (χ1n) is 7.70. The maximum absolute atomic E-state index is 12.3. The van der Waals surface area contributed by atoms with Crippen LogP contribution in [0.15, 0.2) is 43.0 Å². The van der Waals surface area contributed by atoms with E-state index in [4.69, 9.17) is 23.2 Å². The van der Waals surface area contributed by atoms with Gasteiger partial charge < -0.3 is 5.32 Å². The topological polar surface area (TPSA) is 64.7 Å². The van der Waals surface area contributed by atoms with Gasteiger partial charge in [0.05, 0.1) is 34.7 Å². The van der Waals surface area contributed by atoms with Crippen molar-refractivity contribution in [2.24, 2.45) is 0 Å². The molecular weight excluding hydrogens is 361 g/mol. The second kappa shape index (κ2) is 7.29. The molecule has 1 amide bonds. The van der Waals surface area contributed by atoms with Crippen molar-refractivity contribution in [3.8, 4) is 0 Å². The molecule has 0 aliphatic rings. The lowest BCUT2D eigenvalue weighted by Gasteiger charge is -2.11. The highest BCUT2D eigenvalue weighted by atomic mass is 35.5. The van der Waals surface area contributed by atoms with Crippen LogP contribution in [0.4, 0.5) is 5.69 Å². The predicted octanol–water partition coefficient (Wildman–Crippen LogP) is 3.94. The molecule has 3 aromatic rings. The van der Waals surface area contributed by atoms with Gasteiger partial charge in [-0.15, -0.1) is 0 Å². The lowest BCUT2D eigenvalue weighted by atomic mass is 10.2. The van der Waals surface area contributed by atoms with Crippen LogP contribution in [-0.2, 0) is 11.3 Å². The van der Waals surface area contributed by atoms with Gasteiger partial charge in [-0.3, -0.25) is 14.2 Å². The predicted molar refractivity (Wildman–Crippen MR) is 98.1 cm³/mol. The van der Waals surface area contributed by atoms with Crippen molar-refractivity contribution in [3.05, 3.63) is 64.2 Å². The van der Waals surface area contributed by atoms with Gasteiger partial charge in [0.25, 0.3) is 0 Å². The first-order valence-corrected chi connectivity index (χ1v) is 8.46. The molecule has 1 aromatic carbocycles. The van der Waals surface area contributed by atoms with E-state index in [1.54, 1.807) is 47.0 Å². The lowest BCUT2D eigenvalue weighted by molar-refractivity contribution is -0.119. The average Bonchev–Trinajstić information content (AvgIpc) is 3.19. The molecule has 2 aromatic heterocycles. The average molecular weight is 378 g/mol. The van der Waals surface area contributed by atoms with Crippen molar-refractivity contribution in [1.82, 2.24) is 19.6 Å². The molecule has 1 unspecified atom stereocenters. The Morgan fingerprint density at radius 2 is 2.00 bits per heavy atom. The number of aromatic nitrogens is 4. The number of benzene rings is 1. The molecule has 1 atom stereocenters. The Morgan fingerprint density at radius 1 is 1.20 bits per heavy atom. The van der Waals surface area contributed by atoms with Crippen LogP contribution in [0.3, 0.4) is 0 Å². The molecule has 0 aliphatic carbocycles. The number of nitrogens with zero attached hydrogens (tertiary/aromatic N) is 4. The van der Waals surface area contributed by atoms with Crippen LogP contribution in [0.1, 0.15) is 24.1 Å². The maximum Gasteiger partial charge on any atom is 0.249 e. The SMILES string of the molecule is Cc1cnn(C(C)C(=O)Nc2cnn(Cc3ccc(Cl)c(Cl)c3)c2)c1. The fraction of sp³-hybridized carbons (Fsp3) is 0.235. The molecule has 2 heterocycles. The molecule has 0 aliphatic heterocycles. The monoisotopic (exact) mass is 377 g/mol. The smallest absolute Gasteiger partial charge is 0.249 e. The van der Waals surface area contributed by atoms with E-state index in [-0.39, 0.29) is 5.91 Å². The van der Waals surface area contributed by atoms with Crippen LogP contribution >= 0.6 is 23.2 Å². The van der Waals surface area contributed by atoms with Gasteiger partial charge in [0, 0.05) is 12.4 Å². The van der Waals surface area contributed by atoms with Crippen molar-refractivity contribution in [2.45, 2.75) is 26.4 Å². The summed E-state index contributed by atoms with van der Waals surface area (Å²) in [7, 11) is 0. The van der Waals surface area contributed by atoms with Crippen molar-refractivity contribution in [2.75, 3.05) is 5.32 Å². The highest BCUT2D eigenvalue weighted by Gasteiger charge is 2.16. The van der Waals surface area contributed by atoms with E-state index >= 15 is 0 Å². The van der Waals surface area contributed by atoms with Gasteiger partial charge in [-0.05, 0) is 37.1 Å². The van der Waals surface area contributed by atoms with E-state index in [0.29, 0.717) is 22.3 Å². The number of hydrogen-bond acceptors (Lipinski definition) is 3. The van der Waals surface area contributed by atoms with Gasteiger partial charge in [0.2, 0.25) is 5.91 Å². The minimum Gasteiger partial charge on any atom is -0.322 e. The molecule has 0 radical (unpaired) electrons. The van der Waals surface area contributed by atoms with E-state index in [1.807, 2.05) is 19.2 Å². The van der Waals surface area contributed by atoms with Crippen LogP contribution < -0.4 is 5.32 Å². The Labute approximate surface area is 155 Å². The summed E-state index contributed by atoms with van der Waals surface area (Å²) in [4.78, 5) is 12.3. The van der Waals surface area contributed by atoms with E-state index < -0.39 is 6.04 Å². The van der Waals surface area contributed by atoms with Gasteiger partial charge in [0.1, 0.15) is 6.04 Å². The lowest BCUT2D eigenvalue weighted by Crippen LogP contribution is -2.23.